The lowest BCUT2D eigenvalue weighted by atomic mass is 10.2. The van der Waals surface area contributed by atoms with Gasteiger partial charge in [-0.05, 0) is 38.2 Å². The Hall–Kier alpha value is -3.24. The third kappa shape index (κ3) is 3.87. The first-order chi connectivity index (χ1) is 13.6. The molecule has 0 bridgehead atoms. The summed E-state index contributed by atoms with van der Waals surface area (Å²) in [7, 11) is 2.08. The second kappa shape index (κ2) is 7.79. The predicted octanol–water partition coefficient (Wildman–Crippen LogP) is 3.45. The molecule has 0 amide bonds. The number of nitriles is 1. The van der Waals surface area contributed by atoms with Crippen LogP contribution in [0.15, 0.2) is 45.2 Å². The van der Waals surface area contributed by atoms with Crippen molar-refractivity contribution in [1.82, 2.24) is 9.88 Å². The average molecular weight is 378 g/mol. The average Bonchev–Trinajstić information content (AvgIpc) is 3.35. The van der Waals surface area contributed by atoms with Crippen LogP contribution in [0.4, 0.5) is 5.88 Å². The molecule has 0 unspecified atom stereocenters. The van der Waals surface area contributed by atoms with Gasteiger partial charge in [-0.1, -0.05) is 17.7 Å². The zero-order valence-electron chi connectivity index (χ0n) is 16.0. The molecular formula is C21H22N4O3. The molecule has 0 atom stereocenters. The van der Waals surface area contributed by atoms with E-state index in [1.165, 1.54) is 5.56 Å². The quantitative estimate of drug-likeness (QED) is 0.673. The fourth-order valence-corrected chi connectivity index (χ4v) is 3.07. The van der Waals surface area contributed by atoms with Gasteiger partial charge in [0.2, 0.25) is 11.6 Å². The van der Waals surface area contributed by atoms with Gasteiger partial charge in [-0.15, -0.1) is 0 Å². The molecule has 7 nitrogen and oxygen atoms in total. The van der Waals surface area contributed by atoms with Gasteiger partial charge < -0.3 is 23.4 Å². The van der Waals surface area contributed by atoms with E-state index in [9.17, 15) is 5.26 Å². The first-order valence-corrected chi connectivity index (χ1v) is 9.25. The van der Waals surface area contributed by atoms with Crippen LogP contribution in [0.5, 0.6) is 5.75 Å². The van der Waals surface area contributed by atoms with Gasteiger partial charge >= 0.3 is 0 Å². The summed E-state index contributed by atoms with van der Waals surface area (Å²) in [5.41, 5.74) is 1.47. The standard InChI is InChI=1S/C21H22N4O3/c1-15-3-5-16(6-4-15)26-14-17-7-8-19(27-17)20-23-18(13-22)21(28-20)25-11-9-24(2)10-12-25/h3-8H,9-12,14H2,1-2H3. The summed E-state index contributed by atoms with van der Waals surface area (Å²) in [6.07, 6.45) is 0. The fourth-order valence-electron chi connectivity index (χ4n) is 3.07. The van der Waals surface area contributed by atoms with Gasteiger partial charge in [0.1, 0.15) is 24.2 Å². The maximum Gasteiger partial charge on any atom is 0.266 e. The van der Waals surface area contributed by atoms with E-state index in [2.05, 4.69) is 27.9 Å². The van der Waals surface area contributed by atoms with Crippen LogP contribution in [0.1, 0.15) is 17.0 Å². The van der Waals surface area contributed by atoms with Crippen molar-refractivity contribution < 1.29 is 13.6 Å². The number of furan rings is 1. The number of nitrogens with zero attached hydrogens (tertiary/aromatic N) is 4. The van der Waals surface area contributed by atoms with Crippen LogP contribution >= 0.6 is 0 Å². The number of aromatic nitrogens is 1. The van der Waals surface area contributed by atoms with Gasteiger partial charge in [-0.25, -0.2) is 0 Å². The number of ether oxygens (including phenoxy) is 1. The summed E-state index contributed by atoms with van der Waals surface area (Å²) >= 11 is 0. The van der Waals surface area contributed by atoms with Gasteiger partial charge in [0.25, 0.3) is 5.89 Å². The number of hydrogen-bond acceptors (Lipinski definition) is 7. The molecule has 2 aromatic heterocycles. The third-order valence-electron chi connectivity index (χ3n) is 4.78. The van der Waals surface area contributed by atoms with E-state index in [4.69, 9.17) is 13.6 Å². The predicted molar refractivity (Wildman–Crippen MR) is 104 cm³/mol. The number of benzene rings is 1. The summed E-state index contributed by atoms with van der Waals surface area (Å²) in [6, 6.07) is 13.6. The maximum atomic E-state index is 9.44. The van der Waals surface area contributed by atoms with E-state index >= 15 is 0 Å². The van der Waals surface area contributed by atoms with Crippen molar-refractivity contribution in [2.24, 2.45) is 0 Å². The van der Waals surface area contributed by atoms with Gasteiger partial charge in [-0.3, -0.25) is 0 Å². The highest BCUT2D eigenvalue weighted by molar-refractivity contribution is 5.56. The van der Waals surface area contributed by atoms with Crippen LogP contribution in [0.3, 0.4) is 0 Å². The summed E-state index contributed by atoms with van der Waals surface area (Å²) < 4.78 is 17.5. The minimum Gasteiger partial charge on any atom is -0.486 e. The number of rotatable bonds is 5. The first-order valence-electron chi connectivity index (χ1n) is 9.25. The number of hydrogen-bond donors (Lipinski definition) is 0. The molecule has 7 heteroatoms. The number of oxazole rings is 1. The largest absolute Gasteiger partial charge is 0.486 e. The van der Waals surface area contributed by atoms with E-state index in [1.807, 2.05) is 37.3 Å². The second-order valence-corrected chi connectivity index (χ2v) is 6.94. The highest BCUT2D eigenvalue weighted by Gasteiger charge is 2.24. The molecule has 3 heterocycles. The molecular weight excluding hydrogens is 356 g/mol. The molecule has 1 aliphatic rings. The Bertz CT molecular complexity index is 976. The maximum absolute atomic E-state index is 9.44. The van der Waals surface area contributed by atoms with Crippen molar-refractivity contribution in [2.45, 2.75) is 13.5 Å². The van der Waals surface area contributed by atoms with Crippen molar-refractivity contribution in [1.29, 1.82) is 5.26 Å². The minimum absolute atomic E-state index is 0.286. The lowest BCUT2D eigenvalue weighted by Crippen LogP contribution is -2.44. The molecule has 0 aliphatic carbocycles. The Kier molecular flexibility index (Phi) is 5.04. The number of piperazine rings is 1. The number of likely N-dealkylation sites (N-methyl/N-ethyl adjacent to an activating group) is 1. The Morgan fingerprint density at radius 1 is 1.07 bits per heavy atom. The van der Waals surface area contributed by atoms with Gasteiger partial charge in [-0.2, -0.15) is 10.2 Å². The van der Waals surface area contributed by atoms with Crippen molar-refractivity contribution in [3.63, 3.8) is 0 Å². The van der Waals surface area contributed by atoms with Crippen LogP contribution < -0.4 is 9.64 Å². The molecule has 3 aromatic rings. The molecule has 0 spiro atoms. The van der Waals surface area contributed by atoms with E-state index in [0.717, 1.165) is 31.9 Å². The molecule has 1 aromatic carbocycles. The summed E-state index contributed by atoms with van der Waals surface area (Å²) in [6.45, 7) is 5.77. The van der Waals surface area contributed by atoms with Crippen molar-refractivity contribution >= 4 is 5.88 Å². The molecule has 28 heavy (non-hydrogen) atoms. The second-order valence-electron chi connectivity index (χ2n) is 6.94. The fraction of sp³-hybridized carbons (Fsp3) is 0.333. The molecule has 144 valence electrons. The molecule has 0 saturated carbocycles. The van der Waals surface area contributed by atoms with Crippen LogP contribution in [0, 0.1) is 18.3 Å². The van der Waals surface area contributed by atoms with Crippen molar-refractivity contribution in [2.75, 3.05) is 38.1 Å². The Balaban J connectivity index is 1.47. The minimum atomic E-state index is 0.286. The van der Waals surface area contributed by atoms with E-state index in [1.54, 1.807) is 6.07 Å². The Morgan fingerprint density at radius 3 is 2.54 bits per heavy atom. The lowest BCUT2D eigenvalue weighted by molar-refractivity contribution is 0.271. The normalized spacial score (nSPS) is 14.8. The van der Waals surface area contributed by atoms with Crippen molar-refractivity contribution in [3.8, 4) is 23.5 Å². The Labute approximate surface area is 163 Å². The summed E-state index contributed by atoms with van der Waals surface area (Å²) in [5.74, 6) is 2.75. The number of anilines is 1. The summed E-state index contributed by atoms with van der Waals surface area (Å²) in [5, 5.41) is 9.44. The van der Waals surface area contributed by atoms with Crippen molar-refractivity contribution in [3.05, 3.63) is 53.4 Å². The molecule has 0 N–H and O–H groups in total. The molecule has 0 radical (unpaired) electrons. The highest BCUT2D eigenvalue weighted by Crippen LogP contribution is 2.30. The van der Waals surface area contributed by atoms with Crippen LogP contribution in [-0.2, 0) is 6.61 Å². The highest BCUT2D eigenvalue weighted by atomic mass is 16.5. The van der Waals surface area contributed by atoms with Gasteiger partial charge in [0, 0.05) is 26.2 Å². The van der Waals surface area contributed by atoms with E-state index in [-0.39, 0.29) is 5.69 Å². The van der Waals surface area contributed by atoms with Gasteiger partial charge in [0.15, 0.2) is 5.76 Å². The van der Waals surface area contributed by atoms with E-state index < -0.39 is 0 Å². The monoisotopic (exact) mass is 378 g/mol. The smallest absolute Gasteiger partial charge is 0.266 e. The zero-order valence-corrected chi connectivity index (χ0v) is 16.0. The van der Waals surface area contributed by atoms with Gasteiger partial charge in [0.05, 0.1) is 0 Å². The first kappa shape index (κ1) is 18.1. The van der Waals surface area contributed by atoms with Crippen LogP contribution in [0.2, 0.25) is 0 Å². The number of aryl methyl sites for hydroxylation is 1. The molecule has 1 saturated heterocycles. The molecule has 1 fully saturated rings. The van der Waals surface area contributed by atoms with Crippen LogP contribution in [0.25, 0.3) is 11.7 Å². The molecule has 4 rings (SSSR count). The topological polar surface area (TPSA) is 78.7 Å². The van der Waals surface area contributed by atoms with Crippen LogP contribution in [-0.4, -0.2) is 43.1 Å². The Morgan fingerprint density at radius 2 is 1.82 bits per heavy atom. The SMILES string of the molecule is Cc1ccc(OCc2ccc(-c3nc(C#N)c(N4CCN(C)CC4)o3)o2)cc1. The zero-order chi connectivity index (χ0) is 19.5. The summed E-state index contributed by atoms with van der Waals surface area (Å²) in [4.78, 5) is 8.61. The molecule has 1 aliphatic heterocycles. The lowest BCUT2D eigenvalue weighted by Gasteiger charge is -2.31. The van der Waals surface area contributed by atoms with E-state index in [0.29, 0.717) is 29.9 Å². The third-order valence-corrected chi connectivity index (χ3v) is 4.78.